The number of aryl methyl sites for hydroxylation is 1. The monoisotopic (exact) mass is 264 g/mol. The predicted molar refractivity (Wildman–Crippen MR) is 72.8 cm³/mol. The largest absolute Gasteiger partial charge is 0.354 e. The lowest BCUT2D eigenvalue weighted by molar-refractivity contribution is -0.384. The maximum atomic E-state index is 10.8. The van der Waals surface area contributed by atoms with Crippen LogP contribution in [-0.2, 0) is 0 Å². The molecule has 0 saturated carbocycles. The highest BCUT2D eigenvalue weighted by molar-refractivity contribution is 7.80. The lowest BCUT2D eigenvalue weighted by atomic mass is 10.2. The van der Waals surface area contributed by atoms with Crippen molar-refractivity contribution in [1.82, 2.24) is 14.7 Å². The van der Waals surface area contributed by atoms with Crippen LogP contribution in [0.4, 0.5) is 5.69 Å². The number of fused-ring (bicyclic) bond motifs is 1. The Hall–Kier alpha value is -2.02. The van der Waals surface area contributed by atoms with Crippen molar-refractivity contribution in [3.63, 3.8) is 0 Å². The molecule has 0 aliphatic rings. The summed E-state index contributed by atoms with van der Waals surface area (Å²) in [6.07, 6.45) is 0. The van der Waals surface area contributed by atoms with Gasteiger partial charge < -0.3 is 4.90 Å². The number of nitro benzene ring substituents is 1. The Morgan fingerprint density at radius 3 is 2.72 bits per heavy atom. The van der Waals surface area contributed by atoms with Gasteiger partial charge in [0, 0.05) is 31.6 Å². The van der Waals surface area contributed by atoms with E-state index in [4.69, 9.17) is 12.2 Å². The first-order valence-corrected chi connectivity index (χ1v) is 5.68. The molecule has 0 atom stereocenters. The van der Waals surface area contributed by atoms with Crippen molar-refractivity contribution in [3.05, 3.63) is 34.0 Å². The fourth-order valence-electron chi connectivity index (χ4n) is 1.71. The Kier molecular flexibility index (Phi) is 3.00. The Bertz CT molecular complexity index is 648. The van der Waals surface area contributed by atoms with Crippen LogP contribution in [0.5, 0.6) is 0 Å². The van der Waals surface area contributed by atoms with Crippen LogP contribution in [0.25, 0.3) is 10.9 Å². The van der Waals surface area contributed by atoms with E-state index in [1.165, 1.54) is 12.1 Å². The number of benzene rings is 1. The summed E-state index contributed by atoms with van der Waals surface area (Å²) in [5.41, 5.74) is 1.48. The SMILES string of the molecule is Cc1nn(C(=S)N(C)C)c2cc([N+](=O)[O-])ccc12. The summed E-state index contributed by atoms with van der Waals surface area (Å²) in [7, 11) is 3.62. The van der Waals surface area contributed by atoms with Crippen LogP contribution in [0.15, 0.2) is 18.2 Å². The standard InChI is InChI=1S/C11H12N4O2S/c1-7-9-5-4-8(15(16)17)6-10(9)14(12-7)11(18)13(2)3/h4-6H,1-3H3. The van der Waals surface area contributed by atoms with Gasteiger partial charge in [0.2, 0.25) is 0 Å². The molecule has 0 fully saturated rings. The zero-order chi connectivity index (χ0) is 13.4. The molecule has 0 spiro atoms. The molecule has 0 aliphatic heterocycles. The second kappa shape index (κ2) is 4.34. The Morgan fingerprint density at radius 1 is 1.50 bits per heavy atom. The second-order valence-electron chi connectivity index (χ2n) is 4.13. The number of hydrogen-bond acceptors (Lipinski definition) is 4. The van der Waals surface area contributed by atoms with Gasteiger partial charge in [-0.1, -0.05) is 0 Å². The Morgan fingerprint density at radius 2 is 2.17 bits per heavy atom. The summed E-state index contributed by atoms with van der Waals surface area (Å²) in [6.45, 7) is 1.85. The van der Waals surface area contributed by atoms with Gasteiger partial charge in [-0.25, -0.2) is 4.68 Å². The molecule has 7 heteroatoms. The minimum Gasteiger partial charge on any atom is -0.354 e. The highest BCUT2D eigenvalue weighted by Crippen LogP contribution is 2.23. The van der Waals surface area contributed by atoms with Crippen molar-refractivity contribution in [2.24, 2.45) is 0 Å². The van der Waals surface area contributed by atoms with Gasteiger partial charge in [-0.05, 0) is 25.2 Å². The van der Waals surface area contributed by atoms with Crippen molar-refractivity contribution in [2.75, 3.05) is 14.1 Å². The number of nitrogens with zero attached hydrogens (tertiary/aromatic N) is 4. The van der Waals surface area contributed by atoms with E-state index in [1.54, 1.807) is 15.6 Å². The number of nitro groups is 1. The summed E-state index contributed by atoms with van der Waals surface area (Å²) >= 11 is 5.25. The fourth-order valence-corrected chi connectivity index (χ4v) is 1.85. The molecule has 6 nitrogen and oxygen atoms in total. The Balaban J connectivity index is 2.70. The molecule has 0 amide bonds. The molecule has 2 rings (SSSR count). The van der Waals surface area contributed by atoms with E-state index >= 15 is 0 Å². The Labute approximate surface area is 109 Å². The molecule has 1 heterocycles. The van der Waals surface area contributed by atoms with E-state index in [1.807, 2.05) is 21.0 Å². The van der Waals surface area contributed by atoms with Crippen molar-refractivity contribution < 1.29 is 4.92 Å². The quantitative estimate of drug-likeness (QED) is 0.447. The van der Waals surface area contributed by atoms with Crippen molar-refractivity contribution in [3.8, 4) is 0 Å². The number of thiocarbonyl (C=S) groups is 1. The van der Waals surface area contributed by atoms with Crippen LogP contribution in [0.3, 0.4) is 0 Å². The van der Waals surface area contributed by atoms with Crippen LogP contribution in [0.1, 0.15) is 5.69 Å². The normalized spacial score (nSPS) is 10.6. The summed E-state index contributed by atoms with van der Waals surface area (Å²) in [5.74, 6) is 0. The molecule has 18 heavy (non-hydrogen) atoms. The zero-order valence-corrected chi connectivity index (χ0v) is 11.1. The van der Waals surface area contributed by atoms with Crippen LogP contribution < -0.4 is 0 Å². The van der Waals surface area contributed by atoms with E-state index in [-0.39, 0.29) is 5.69 Å². The molecule has 1 aromatic heterocycles. The minimum atomic E-state index is -0.426. The average molecular weight is 264 g/mol. The molecular formula is C11H12N4O2S. The summed E-state index contributed by atoms with van der Waals surface area (Å²) in [6, 6.07) is 4.66. The average Bonchev–Trinajstić information content (AvgIpc) is 2.65. The van der Waals surface area contributed by atoms with Gasteiger partial charge >= 0.3 is 0 Å². The second-order valence-corrected chi connectivity index (χ2v) is 4.50. The van der Waals surface area contributed by atoms with E-state index in [0.29, 0.717) is 10.6 Å². The number of hydrogen-bond donors (Lipinski definition) is 0. The first-order valence-electron chi connectivity index (χ1n) is 5.27. The molecule has 0 bridgehead atoms. The van der Waals surface area contributed by atoms with Gasteiger partial charge in [-0.15, -0.1) is 0 Å². The van der Waals surface area contributed by atoms with Crippen LogP contribution in [0.2, 0.25) is 0 Å². The predicted octanol–water partition coefficient (Wildman–Crippen LogP) is 1.95. The zero-order valence-electron chi connectivity index (χ0n) is 10.2. The highest BCUT2D eigenvalue weighted by Gasteiger charge is 2.15. The van der Waals surface area contributed by atoms with Crippen molar-refractivity contribution >= 4 is 33.9 Å². The molecule has 94 valence electrons. The molecule has 0 saturated heterocycles. The third-order valence-corrected chi connectivity index (χ3v) is 3.16. The first-order chi connectivity index (χ1) is 8.41. The number of non-ortho nitro benzene ring substituents is 1. The lowest BCUT2D eigenvalue weighted by Crippen LogP contribution is -2.27. The van der Waals surface area contributed by atoms with Crippen LogP contribution in [-0.4, -0.2) is 38.8 Å². The van der Waals surface area contributed by atoms with Crippen LogP contribution in [0, 0.1) is 17.0 Å². The van der Waals surface area contributed by atoms with Gasteiger partial charge in [-0.3, -0.25) is 10.1 Å². The topological polar surface area (TPSA) is 64.2 Å². The van der Waals surface area contributed by atoms with Gasteiger partial charge in [-0.2, -0.15) is 5.10 Å². The molecule has 0 unspecified atom stereocenters. The summed E-state index contributed by atoms with van der Waals surface area (Å²) in [4.78, 5) is 12.1. The summed E-state index contributed by atoms with van der Waals surface area (Å²) in [5, 5.41) is 16.5. The molecular weight excluding hydrogens is 252 g/mol. The molecule has 2 aromatic rings. The third kappa shape index (κ3) is 1.92. The minimum absolute atomic E-state index is 0.0326. The van der Waals surface area contributed by atoms with Crippen LogP contribution >= 0.6 is 12.2 Å². The first kappa shape index (κ1) is 12.4. The van der Waals surface area contributed by atoms with Gasteiger partial charge in [0.1, 0.15) is 0 Å². The van der Waals surface area contributed by atoms with E-state index in [9.17, 15) is 10.1 Å². The van der Waals surface area contributed by atoms with E-state index in [0.717, 1.165) is 11.1 Å². The van der Waals surface area contributed by atoms with Gasteiger partial charge in [0.25, 0.3) is 5.69 Å². The van der Waals surface area contributed by atoms with Crippen molar-refractivity contribution in [1.29, 1.82) is 0 Å². The molecule has 0 N–H and O–H groups in total. The molecule has 0 aliphatic carbocycles. The van der Waals surface area contributed by atoms with Gasteiger partial charge in [0.05, 0.1) is 16.1 Å². The lowest BCUT2D eigenvalue weighted by Gasteiger charge is -2.13. The highest BCUT2D eigenvalue weighted by atomic mass is 32.1. The molecule has 1 aromatic carbocycles. The van der Waals surface area contributed by atoms with Gasteiger partial charge in [0.15, 0.2) is 5.11 Å². The summed E-state index contributed by atoms with van der Waals surface area (Å²) < 4.78 is 1.55. The van der Waals surface area contributed by atoms with Crippen molar-refractivity contribution in [2.45, 2.75) is 6.92 Å². The third-order valence-electron chi connectivity index (χ3n) is 2.62. The number of aromatic nitrogens is 2. The van der Waals surface area contributed by atoms with E-state index < -0.39 is 4.92 Å². The maximum Gasteiger partial charge on any atom is 0.271 e. The molecule has 0 radical (unpaired) electrons. The number of rotatable bonds is 1. The van der Waals surface area contributed by atoms with E-state index in [2.05, 4.69) is 5.10 Å². The maximum absolute atomic E-state index is 10.8. The smallest absolute Gasteiger partial charge is 0.271 e. The fraction of sp³-hybridized carbons (Fsp3) is 0.273.